The number of H-pyrrole nitrogens is 1. The minimum atomic E-state index is 0.0554. The van der Waals surface area contributed by atoms with E-state index in [1.807, 2.05) is 53.6 Å². The Morgan fingerprint density at radius 2 is 2.09 bits per heavy atom. The summed E-state index contributed by atoms with van der Waals surface area (Å²) >= 11 is 0. The van der Waals surface area contributed by atoms with Crippen LogP contribution in [0.4, 0.5) is 5.69 Å². The van der Waals surface area contributed by atoms with Crippen molar-refractivity contribution in [2.75, 3.05) is 18.1 Å². The molecule has 0 unspecified atom stereocenters. The summed E-state index contributed by atoms with van der Waals surface area (Å²) in [5, 5.41) is 3.35. The van der Waals surface area contributed by atoms with Crippen molar-refractivity contribution in [1.29, 1.82) is 0 Å². The molecule has 1 aromatic heterocycles. The average molecular weight is 295 g/mol. The highest BCUT2D eigenvalue weighted by molar-refractivity contribution is 6.35. The molecule has 0 saturated carbocycles. The van der Waals surface area contributed by atoms with Crippen LogP contribution in [0.5, 0.6) is 0 Å². The van der Waals surface area contributed by atoms with Crippen LogP contribution in [-0.4, -0.2) is 24.1 Å². The van der Waals surface area contributed by atoms with Crippen molar-refractivity contribution in [3.8, 4) is 0 Å². The molecule has 1 aliphatic heterocycles. The smallest absolute Gasteiger partial charge is 0.260 e. The number of para-hydroxylation sites is 1. The Bertz CT molecular complexity index is 673. The summed E-state index contributed by atoms with van der Waals surface area (Å²) in [6.45, 7) is 3.64. The monoisotopic (exact) mass is 295 g/mol. The van der Waals surface area contributed by atoms with Crippen LogP contribution in [0.3, 0.4) is 0 Å². The molecule has 3 rings (SSSR count). The molecule has 4 nitrogen and oxygen atoms in total. The van der Waals surface area contributed by atoms with Gasteiger partial charge in [0.05, 0.1) is 17.9 Å². The van der Waals surface area contributed by atoms with E-state index in [0.29, 0.717) is 6.67 Å². The summed E-state index contributed by atoms with van der Waals surface area (Å²) in [5.74, 6) is 0.0554. The predicted molar refractivity (Wildman–Crippen MR) is 90.4 cm³/mol. The Morgan fingerprint density at radius 3 is 2.86 bits per heavy atom. The zero-order valence-electron chi connectivity index (χ0n) is 12.8. The lowest BCUT2D eigenvalue weighted by Gasteiger charge is -2.17. The summed E-state index contributed by atoms with van der Waals surface area (Å²) in [5.41, 5.74) is 3.67. The molecule has 0 bridgehead atoms. The summed E-state index contributed by atoms with van der Waals surface area (Å²) in [6, 6.07) is 11.9. The number of aromatic amines is 1. The van der Waals surface area contributed by atoms with Gasteiger partial charge in [0.15, 0.2) is 0 Å². The quantitative estimate of drug-likeness (QED) is 0.635. The van der Waals surface area contributed by atoms with Gasteiger partial charge in [-0.1, -0.05) is 31.5 Å². The van der Waals surface area contributed by atoms with Gasteiger partial charge in [-0.25, -0.2) is 0 Å². The van der Waals surface area contributed by atoms with Gasteiger partial charge in [0.25, 0.3) is 5.91 Å². The summed E-state index contributed by atoms with van der Waals surface area (Å²) in [6.07, 6.45) is 6.05. The molecule has 2 heterocycles. The number of amides is 1. The molecule has 2 N–H and O–H groups in total. The highest BCUT2D eigenvalue weighted by Crippen LogP contribution is 2.36. The fourth-order valence-electron chi connectivity index (χ4n) is 2.69. The number of hydrogen-bond acceptors (Lipinski definition) is 2. The predicted octanol–water partition coefficient (Wildman–Crippen LogP) is 3.25. The number of benzene rings is 1. The molecule has 1 aliphatic rings. The lowest BCUT2D eigenvalue weighted by molar-refractivity contribution is -0.113. The van der Waals surface area contributed by atoms with E-state index in [4.69, 9.17) is 0 Å². The van der Waals surface area contributed by atoms with Crippen molar-refractivity contribution in [3.05, 3.63) is 53.9 Å². The topological polar surface area (TPSA) is 48.1 Å². The average Bonchev–Trinajstić information content (AvgIpc) is 3.13. The fourth-order valence-corrected chi connectivity index (χ4v) is 2.69. The molecule has 2 aromatic rings. The molecule has 0 fully saturated rings. The van der Waals surface area contributed by atoms with Gasteiger partial charge < -0.3 is 4.98 Å². The number of carbonyl (C=O) groups excluding carboxylic acids is 1. The first kappa shape index (κ1) is 14.6. The molecule has 22 heavy (non-hydrogen) atoms. The molecule has 0 aliphatic carbocycles. The van der Waals surface area contributed by atoms with Gasteiger partial charge >= 0.3 is 0 Å². The minimum Gasteiger partial charge on any atom is -0.362 e. The van der Waals surface area contributed by atoms with Crippen LogP contribution in [-0.2, 0) is 4.79 Å². The molecule has 4 heteroatoms. The first-order valence-electron chi connectivity index (χ1n) is 7.78. The summed E-state index contributed by atoms with van der Waals surface area (Å²) in [4.78, 5) is 17.7. The van der Waals surface area contributed by atoms with Crippen LogP contribution in [0.15, 0.2) is 42.6 Å². The molecule has 0 saturated heterocycles. The van der Waals surface area contributed by atoms with Gasteiger partial charge in [0.2, 0.25) is 0 Å². The second-order valence-electron chi connectivity index (χ2n) is 5.45. The fraction of sp³-hybridized carbons (Fsp3) is 0.278. The van der Waals surface area contributed by atoms with Crippen LogP contribution in [0.25, 0.3) is 11.6 Å². The zero-order valence-corrected chi connectivity index (χ0v) is 12.8. The third kappa shape index (κ3) is 2.83. The summed E-state index contributed by atoms with van der Waals surface area (Å²) in [7, 11) is 0. The van der Waals surface area contributed by atoms with Crippen molar-refractivity contribution in [1.82, 2.24) is 10.3 Å². The number of carbonyl (C=O) groups is 1. The largest absolute Gasteiger partial charge is 0.362 e. The Kier molecular flexibility index (Phi) is 4.39. The van der Waals surface area contributed by atoms with E-state index in [-0.39, 0.29) is 5.91 Å². The number of fused-ring (bicyclic) bond motifs is 1. The number of anilines is 1. The van der Waals surface area contributed by atoms with Gasteiger partial charge in [-0.15, -0.1) is 0 Å². The van der Waals surface area contributed by atoms with Crippen LogP contribution >= 0.6 is 0 Å². The lowest BCUT2D eigenvalue weighted by atomic mass is 10.1. The standard InChI is InChI=1S/C18H21N3O/c1-2-3-10-19-13-21-17-9-5-4-8-15(17)16(18(21)22)12-14-7-6-11-20-14/h4-9,11-12,19-20H,2-3,10,13H2,1H3/b16-12-. The molecular formula is C18H21N3O. The first-order valence-corrected chi connectivity index (χ1v) is 7.78. The van der Waals surface area contributed by atoms with Crippen molar-refractivity contribution in [2.45, 2.75) is 19.8 Å². The van der Waals surface area contributed by atoms with Crippen LogP contribution in [0.1, 0.15) is 31.0 Å². The van der Waals surface area contributed by atoms with E-state index in [1.165, 1.54) is 0 Å². The van der Waals surface area contributed by atoms with Gasteiger partial charge in [-0.3, -0.25) is 15.0 Å². The third-order valence-corrected chi connectivity index (χ3v) is 3.86. The second-order valence-corrected chi connectivity index (χ2v) is 5.45. The Balaban J connectivity index is 1.86. The van der Waals surface area contributed by atoms with Crippen molar-refractivity contribution in [3.63, 3.8) is 0 Å². The lowest BCUT2D eigenvalue weighted by Crippen LogP contribution is -2.36. The van der Waals surface area contributed by atoms with Crippen LogP contribution < -0.4 is 10.2 Å². The third-order valence-electron chi connectivity index (χ3n) is 3.86. The van der Waals surface area contributed by atoms with Crippen LogP contribution in [0, 0.1) is 0 Å². The van der Waals surface area contributed by atoms with E-state index in [1.54, 1.807) is 0 Å². The van der Waals surface area contributed by atoms with E-state index in [9.17, 15) is 4.79 Å². The van der Waals surface area contributed by atoms with E-state index >= 15 is 0 Å². The zero-order chi connectivity index (χ0) is 15.4. The molecular weight excluding hydrogens is 274 g/mol. The van der Waals surface area contributed by atoms with Crippen molar-refractivity contribution >= 4 is 23.2 Å². The molecule has 0 radical (unpaired) electrons. The van der Waals surface area contributed by atoms with E-state index in [0.717, 1.165) is 41.9 Å². The maximum Gasteiger partial charge on any atom is 0.260 e. The van der Waals surface area contributed by atoms with Gasteiger partial charge in [-0.2, -0.15) is 0 Å². The first-order chi connectivity index (χ1) is 10.8. The maximum atomic E-state index is 12.8. The molecule has 0 spiro atoms. The highest BCUT2D eigenvalue weighted by atomic mass is 16.2. The maximum absolute atomic E-state index is 12.8. The highest BCUT2D eigenvalue weighted by Gasteiger charge is 2.31. The number of nitrogens with one attached hydrogen (secondary N) is 2. The van der Waals surface area contributed by atoms with E-state index in [2.05, 4.69) is 17.2 Å². The number of nitrogens with zero attached hydrogens (tertiary/aromatic N) is 1. The molecule has 1 aromatic carbocycles. The summed E-state index contributed by atoms with van der Waals surface area (Å²) < 4.78 is 0. The van der Waals surface area contributed by atoms with Crippen molar-refractivity contribution < 1.29 is 4.79 Å². The molecule has 0 atom stereocenters. The Hall–Kier alpha value is -2.33. The van der Waals surface area contributed by atoms with Crippen molar-refractivity contribution in [2.24, 2.45) is 0 Å². The van der Waals surface area contributed by atoms with Gasteiger partial charge in [0, 0.05) is 17.5 Å². The number of hydrogen-bond donors (Lipinski definition) is 2. The van der Waals surface area contributed by atoms with Gasteiger partial charge in [0.1, 0.15) is 0 Å². The number of aromatic nitrogens is 1. The van der Waals surface area contributed by atoms with Gasteiger partial charge in [-0.05, 0) is 37.2 Å². The molecule has 114 valence electrons. The second kappa shape index (κ2) is 6.62. The number of unbranched alkanes of at least 4 members (excludes halogenated alkanes) is 1. The SMILES string of the molecule is CCCCNCN1C(=O)/C(=C\c2ccc[nH]2)c2ccccc21. The molecule has 1 amide bonds. The normalized spacial score (nSPS) is 15.6. The number of rotatable bonds is 6. The Morgan fingerprint density at radius 1 is 1.23 bits per heavy atom. The minimum absolute atomic E-state index is 0.0554. The Labute approximate surface area is 130 Å². The van der Waals surface area contributed by atoms with Crippen LogP contribution in [0.2, 0.25) is 0 Å². The van der Waals surface area contributed by atoms with E-state index < -0.39 is 0 Å².